The van der Waals surface area contributed by atoms with Gasteiger partial charge >= 0.3 is 0 Å². The van der Waals surface area contributed by atoms with Gasteiger partial charge in [-0.3, -0.25) is 4.79 Å². The third-order valence-electron chi connectivity index (χ3n) is 4.72. The highest BCUT2D eigenvalue weighted by atomic mass is 79.9. The number of hydrazone groups is 1. The average Bonchev–Trinajstić information content (AvgIpc) is 2.79. The predicted molar refractivity (Wildman–Crippen MR) is 126 cm³/mol. The lowest BCUT2D eigenvalue weighted by Crippen LogP contribution is -2.17. The predicted octanol–water partition coefficient (Wildman–Crippen LogP) is 5.65. The number of hydrogen-bond donors (Lipinski definition) is 2. The van der Waals surface area contributed by atoms with E-state index in [4.69, 9.17) is 4.74 Å². The second kappa shape index (κ2) is 9.45. The molecule has 0 aliphatic carbocycles. The number of nitrogens with zero attached hydrogens (tertiary/aromatic N) is 1. The molecule has 0 atom stereocenters. The highest BCUT2D eigenvalue weighted by Crippen LogP contribution is 2.22. The van der Waals surface area contributed by atoms with Crippen LogP contribution in [-0.2, 0) is 6.61 Å². The molecule has 154 valence electrons. The molecule has 0 radical (unpaired) electrons. The normalized spacial score (nSPS) is 11.0. The van der Waals surface area contributed by atoms with E-state index in [1.807, 2.05) is 42.5 Å². The first-order valence-electron chi connectivity index (χ1n) is 9.61. The maximum absolute atomic E-state index is 12.2. The van der Waals surface area contributed by atoms with Crippen LogP contribution in [0, 0.1) is 0 Å². The number of benzene rings is 4. The first kappa shape index (κ1) is 20.6. The maximum atomic E-state index is 12.2. The van der Waals surface area contributed by atoms with E-state index in [0.29, 0.717) is 16.8 Å². The summed E-state index contributed by atoms with van der Waals surface area (Å²) in [6.07, 6.45) is 1.53. The lowest BCUT2D eigenvalue weighted by molar-refractivity contribution is 0.0952. The zero-order valence-corrected chi connectivity index (χ0v) is 18.0. The van der Waals surface area contributed by atoms with Crippen molar-refractivity contribution in [3.8, 4) is 11.5 Å². The minimum Gasteiger partial charge on any atom is -0.507 e. The number of phenols is 1. The zero-order chi connectivity index (χ0) is 21.6. The van der Waals surface area contributed by atoms with Crippen molar-refractivity contribution < 1.29 is 14.6 Å². The highest BCUT2D eigenvalue weighted by molar-refractivity contribution is 9.10. The zero-order valence-electron chi connectivity index (χ0n) is 16.5. The molecular formula is C25H19BrN2O3. The van der Waals surface area contributed by atoms with Gasteiger partial charge in [-0.1, -0.05) is 70.5 Å². The van der Waals surface area contributed by atoms with Crippen molar-refractivity contribution in [3.63, 3.8) is 0 Å². The standard InChI is InChI=1S/C25H19BrN2O3/c26-20-11-12-24(29)23(14-20)25(30)28-27-15-17-5-3-9-21(13-17)31-16-19-8-4-7-18-6-1-2-10-22(18)19/h1-15,29H,16H2,(H,28,30)/b27-15+. The molecule has 0 unspecified atom stereocenters. The number of halogens is 1. The van der Waals surface area contributed by atoms with Crippen LogP contribution >= 0.6 is 15.9 Å². The topological polar surface area (TPSA) is 70.9 Å². The van der Waals surface area contributed by atoms with Crippen LogP contribution in [-0.4, -0.2) is 17.2 Å². The van der Waals surface area contributed by atoms with E-state index in [0.717, 1.165) is 11.1 Å². The van der Waals surface area contributed by atoms with E-state index in [2.05, 4.69) is 50.7 Å². The summed E-state index contributed by atoms with van der Waals surface area (Å²) in [5.74, 6) is 0.0889. The molecule has 4 aromatic rings. The van der Waals surface area contributed by atoms with Crippen LogP contribution in [0.3, 0.4) is 0 Å². The van der Waals surface area contributed by atoms with Crippen LogP contribution in [0.2, 0.25) is 0 Å². The molecule has 0 aromatic heterocycles. The summed E-state index contributed by atoms with van der Waals surface area (Å²) in [7, 11) is 0. The summed E-state index contributed by atoms with van der Waals surface area (Å²) in [5, 5.41) is 16.2. The van der Waals surface area contributed by atoms with E-state index in [-0.39, 0.29) is 11.3 Å². The SMILES string of the molecule is O=C(N/N=C/c1cccc(OCc2cccc3ccccc23)c1)c1cc(Br)ccc1O. The lowest BCUT2D eigenvalue weighted by atomic mass is 10.1. The molecule has 0 spiro atoms. The van der Waals surface area contributed by atoms with Crippen molar-refractivity contribution in [1.82, 2.24) is 5.43 Å². The number of carbonyl (C=O) groups is 1. The molecule has 0 heterocycles. The minimum atomic E-state index is -0.501. The second-order valence-corrected chi connectivity index (χ2v) is 7.78. The number of rotatable bonds is 6. The first-order valence-corrected chi connectivity index (χ1v) is 10.4. The summed E-state index contributed by atoms with van der Waals surface area (Å²) in [6.45, 7) is 0.445. The number of hydrogen-bond acceptors (Lipinski definition) is 4. The Labute approximate surface area is 188 Å². The third-order valence-corrected chi connectivity index (χ3v) is 5.21. The largest absolute Gasteiger partial charge is 0.507 e. The number of aromatic hydroxyl groups is 1. The summed E-state index contributed by atoms with van der Waals surface area (Å²) >= 11 is 3.28. The number of amides is 1. The Morgan fingerprint density at radius 2 is 1.81 bits per heavy atom. The van der Waals surface area contributed by atoms with Crippen LogP contribution in [0.25, 0.3) is 10.8 Å². The Hall–Kier alpha value is -3.64. The van der Waals surface area contributed by atoms with Gasteiger partial charge in [-0.2, -0.15) is 5.10 Å². The van der Waals surface area contributed by atoms with Crippen LogP contribution in [0.4, 0.5) is 0 Å². The second-order valence-electron chi connectivity index (χ2n) is 6.86. The Kier molecular flexibility index (Phi) is 6.29. The fourth-order valence-corrected chi connectivity index (χ4v) is 3.54. The van der Waals surface area contributed by atoms with Crippen molar-refractivity contribution >= 4 is 38.8 Å². The maximum Gasteiger partial charge on any atom is 0.275 e. The average molecular weight is 475 g/mol. The molecule has 4 aromatic carbocycles. The van der Waals surface area contributed by atoms with Crippen LogP contribution in [0.1, 0.15) is 21.5 Å². The number of fused-ring (bicyclic) bond motifs is 1. The van der Waals surface area contributed by atoms with Gasteiger partial charge in [0, 0.05) is 4.47 Å². The molecule has 0 fully saturated rings. The van der Waals surface area contributed by atoms with Gasteiger partial charge in [0.2, 0.25) is 0 Å². The fraction of sp³-hybridized carbons (Fsp3) is 0.0400. The highest BCUT2D eigenvalue weighted by Gasteiger charge is 2.10. The molecule has 0 saturated heterocycles. The lowest BCUT2D eigenvalue weighted by Gasteiger charge is -2.09. The fourth-order valence-electron chi connectivity index (χ4n) is 3.18. The minimum absolute atomic E-state index is 0.111. The van der Waals surface area contributed by atoms with Crippen molar-refractivity contribution in [2.24, 2.45) is 5.10 Å². The van der Waals surface area contributed by atoms with Crippen LogP contribution < -0.4 is 10.2 Å². The van der Waals surface area contributed by atoms with Crippen LogP contribution in [0.5, 0.6) is 11.5 Å². The van der Waals surface area contributed by atoms with Gasteiger partial charge in [0.1, 0.15) is 18.1 Å². The molecule has 6 heteroatoms. The molecule has 0 bridgehead atoms. The Morgan fingerprint density at radius 3 is 2.71 bits per heavy atom. The van der Waals surface area contributed by atoms with Gasteiger partial charge in [0.25, 0.3) is 5.91 Å². The van der Waals surface area contributed by atoms with Gasteiger partial charge in [-0.05, 0) is 52.2 Å². The molecule has 0 saturated carbocycles. The van der Waals surface area contributed by atoms with Gasteiger partial charge < -0.3 is 9.84 Å². The van der Waals surface area contributed by atoms with E-state index >= 15 is 0 Å². The van der Waals surface area contributed by atoms with E-state index in [9.17, 15) is 9.90 Å². The quantitative estimate of drug-likeness (QED) is 0.280. The van der Waals surface area contributed by atoms with Crippen molar-refractivity contribution in [2.75, 3.05) is 0 Å². The van der Waals surface area contributed by atoms with Gasteiger partial charge in [0.15, 0.2) is 0 Å². The summed E-state index contributed by atoms with van der Waals surface area (Å²) in [6, 6.07) is 26.4. The molecule has 1 amide bonds. The smallest absolute Gasteiger partial charge is 0.275 e. The summed E-state index contributed by atoms with van der Waals surface area (Å²) < 4.78 is 6.67. The monoisotopic (exact) mass is 474 g/mol. The molecular weight excluding hydrogens is 456 g/mol. The number of phenolic OH excluding ortho intramolecular Hbond substituents is 1. The van der Waals surface area contributed by atoms with E-state index in [1.165, 1.54) is 29.1 Å². The van der Waals surface area contributed by atoms with Crippen molar-refractivity contribution in [1.29, 1.82) is 0 Å². The van der Waals surface area contributed by atoms with E-state index < -0.39 is 5.91 Å². The molecule has 4 rings (SSSR count). The number of ether oxygens (including phenoxy) is 1. The molecule has 31 heavy (non-hydrogen) atoms. The Morgan fingerprint density at radius 1 is 1.00 bits per heavy atom. The Bertz CT molecular complexity index is 1270. The van der Waals surface area contributed by atoms with Gasteiger partial charge in [-0.15, -0.1) is 0 Å². The Balaban J connectivity index is 1.41. The number of nitrogens with one attached hydrogen (secondary N) is 1. The van der Waals surface area contributed by atoms with E-state index in [1.54, 1.807) is 6.07 Å². The van der Waals surface area contributed by atoms with Gasteiger partial charge in [-0.25, -0.2) is 5.43 Å². The number of carbonyl (C=O) groups excluding carboxylic acids is 1. The molecule has 5 nitrogen and oxygen atoms in total. The third kappa shape index (κ3) is 5.10. The molecule has 2 N–H and O–H groups in total. The summed E-state index contributed by atoms with van der Waals surface area (Å²) in [4.78, 5) is 12.2. The first-order chi connectivity index (χ1) is 15.1. The summed E-state index contributed by atoms with van der Waals surface area (Å²) in [5.41, 5.74) is 4.44. The van der Waals surface area contributed by atoms with Crippen molar-refractivity contribution in [2.45, 2.75) is 6.61 Å². The van der Waals surface area contributed by atoms with Crippen molar-refractivity contribution in [3.05, 3.63) is 106 Å². The molecule has 0 aliphatic rings. The van der Waals surface area contributed by atoms with Gasteiger partial charge in [0.05, 0.1) is 11.8 Å². The molecule has 0 aliphatic heterocycles. The van der Waals surface area contributed by atoms with Crippen LogP contribution in [0.15, 0.2) is 94.5 Å².